The number of carbonyl (C=O) groups excluding carboxylic acids is 1. The van der Waals surface area contributed by atoms with Crippen molar-refractivity contribution >= 4 is 11.6 Å². The van der Waals surface area contributed by atoms with Crippen LogP contribution in [0.2, 0.25) is 0 Å². The van der Waals surface area contributed by atoms with Gasteiger partial charge in [-0.2, -0.15) is 0 Å². The van der Waals surface area contributed by atoms with Gasteiger partial charge in [0, 0.05) is 24.6 Å². The molecular weight excluding hydrogens is 252 g/mol. The molecule has 0 saturated carbocycles. The Bertz CT molecular complexity index is 575. The Labute approximate surface area is 119 Å². The molecule has 0 bridgehead atoms. The van der Waals surface area contributed by atoms with Gasteiger partial charge in [0.05, 0.1) is 11.9 Å². The van der Waals surface area contributed by atoms with E-state index in [4.69, 9.17) is 0 Å². The van der Waals surface area contributed by atoms with E-state index in [2.05, 4.69) is 15.6 Å². The topological polar surface area (TPSA) is 59.0 Å². The van der Waals surface area contributed by atoms with Gasteiger partial charge in [-0.25, -0.2) is 4.98 Å². The fourth-order valence-corrected chi connectivity index (χ4v) is 1.74. The number of imidazole rings is 1. The van der Waals surface area contributed by atoms with E-state index in [0.717, 1.165) is 17.8 Å². The molecule has 2 rings (SSSR count). The summed E-state index contributed by atoms with van der Waals surface area (Å²) in [6.07, 6.45) is 5.44. The standard InChI is InChI=1S/C15H20N4O/c1-15(2,16-3)14(20)18-13-6-4-5-12(9-13)10-19-8-7-17-11-19/h4-9,11,16H,10H2,1-3H3,(H,18,20). The highest BCUT2D eigenvalue weighted by Gasteiger charge is 2.24. The van der Waals surface area contributed by atoms with Gasteiger partial charge in [-0.05, 0) is 38.6 Å². The summed E-state index contributed by atoms with van der Waals surface area (Å²) in [7, 11) is 1.77. The van der Waals surface area contributed by atoms with Gasteiger partial charge < -0.3 is 15.2 Å². The molecule has 0 unspecified atom stereocenters. The molecule has 1 amide bonds. The maximum absolute atomic E-state index is 12.1. The van der Waals surface area contributed by atoms with E-state index in [0.29, 0.717) is 0 Å². The third-order valence-corrected chi connectivity index (χ3v) is 3.30. The molecule has 20 heavy (non-hydrogen) atoms. The predicted molar refractivity (Wildman–Crippen MR) is 79.5 cm³/mol. The zero-order valence-corrected chi connectivity index (χ0v) is 12.1. The first-order valence-electron chi connectivity index (χ1n) is 6.56. The number of likely N-dealkylation sites (N-methyl/N-ethyl adjacent to an activating group) is 1. The number of rotatable bonds is 5. The normalized spacial score (nSPS) is 11.3. The van der Waals surface area contributed by atoms with E-state index in [1.54, 1.807) is 19.6 Å². The minimum atomic E-state index is -0.597. The Morgan fingerprint density at radius 1 is 1.40 bits per heavy atom. The maximum atomic E-state index is 12.1. The van der Waals surface area contributed by atoms with Gasteiger partial charge in [0.1, 0.15) is 0 Å². The monoisotopic (exact) mass is 272 g/mol. The molecule has 106 valence electrons. The molecule has 0 aliphatic heterocycles. The van der Waals surface area contributed by atoms with Crippen molar-refractivity contribution in [3.63, 3.8) is 0 Å². The first kappa shape index (κ1) is 14.3. The molecular formula is C15H20N4O. The first-order valence-corrected chi connectivity index (χ1v) is 6.56. The number of nitrogens with one attached hydrogen (secondary N) is 2. The Balaban J connectivity index is 2.08. The molecule has 0 aliphatic rings. The van der Waals surface area contributed by atoms with Crippen LogP contribution in [-0.4, -0.2) is 28.0 Å². The number of hydrogen-bond acceptors (Lipinski definition) is 3. The van der Waals surface area contributed by atoms with Crippen molar-refractivity contribution in [1.82, 2.24) is 14.9 Å². The Morgan fingerprint density at radius 3 is 2.85 bits per heavy atom. The molecule has 0 fully saturated rings. The molecule has 0 saturated heterocycles. The summed E-state index contributed by atoms with van der Waals surface area (Å²) in [6, 6.07) is 7.83. The zero-order chi connectivity index (χ0) is 14.6. The van der Waals surface area contributed by atoms with Crippen LogP contribution >= 0.6 is 0 Å². The molecule has 1 aromatic carbocycles. The number of hydrogen-bond donors (Lipinski definition) is 2. The van der Waals surface area contributed by atoms with E-state index in [-0.39, 0.29) is 5.91 Å². The maximum Gasteiger partial charge on any atom is 0.244 e. The van der Waals surface area contributed by atoms with E-state index >= 15 is 0 Å². The van der Waals surface area contributed by atoms with Crippen molar-refractivity contribution in [2.24, 2.45) is 0 Å². The van der Waals surface area contributed by atoms with Crippen LogP contribution in [0.4, 0.5) is 5.69 Å². The molecule has 0 aliphatic carbocycles. The van der Waals surface area contributed by atoms with Crippen LogP contribution < -0.4 is 10.6 Å². The van der Waals surface area contributed by atoms with Gasteiger partial charge in [0.15, 0.2) is 0 Å². The number of amides is 1. The molecule has 2 aromatic rings. The zero-order valence-electron chi connectivity index (χ0n) is 12.1. The highest BCUT2D eigenvalue weighted by molar-refractivity contribution is 5.97. The predicted octanol–water partition coefficient (Wildman–Crippen LogP) is 1.87. The third-order valence-electron chi connectivity index (χ3n) is 3.30. The number of benzene rings is 1. The summed E-state index contributed by atoms with van der Waals surface area (Å²) in [6.45, 7) is 4.43. The van der Waals surface area contributed by atoms with Crippen LogP contribution in [0, 0.1) is 0 Å². The Kier molecular flexibility index (Phi) is 4.20. The SMILES string of the molecule is CNC(C)(C)C(=O)Nc1cccc(Cn2ccnc2)c1. The van der Waals surface area contributed by atoms with Crippen LogP contribution in [0.1, 0.15) is 19.4 Å². The van der Waals surface area contributed by atoms with Crippen molar-refractivity contribution < 1.29 is 4.79 Å². The van der Waals surface area contributed by atoms with Crippen LogP contribution in [0.5, 0.6) is 0 Å². The second kappa shape index (κ2) is 5.88. The quantitative estimate of drug-likeness (QED) is 0.873. The lowest BCUT2D eigenvalue weighted by molar-refractivity contribution is -0.121. The van der Waals surface area contributed by atoms with Crippen molar-refractivity contribution in [3.8, 4) is 0 Å². The summed E-state index contributed by atoms with van der Waals surface area (Å²) in [5, 5.41) is 5.91. The molecule has 5 heteroatoms. The Hall–Kier alpha value is -2.14. The van der Waals surface area contributed by atoms with Gasteiger partial charge >= 0.3 is 0 Å². The number of anilines is 1. The Morgan fingerprint density at radius 2 is 2.20 bits per heavy atom. The number of aromatic nitrogens is 2. The lowest BCUT2D eigenvalue weighted by Crippen LogP contribution is -2.47. The molecule has 5 nitrogen and oxygen atoms in total. The summed E-state index contributed by atoms with van der Waals surface area (Å²) in [4.78, 5) is 16.1. The minimum absolute atomic E-state index is 0.0558. The fraction of sp³-hybridized carbons (Fsp3) is 0.333. The highest BCUT2D eigenvalue weighted by atomic mass is 16.2. The third kappa shape index (κ3) is 3.45. The van der Waals surface area contributed by atoms with E-state index in [1.807, 2.05) is 48.9 Å². The first-order chi connectivity index (χ1) is 9.51. The summed E-state index contributed by atoms with van der Waals surface area (Å²) in [5.74, 6) is -0.0558. The lowest BCUT2D eigenvalue weighted by Gasteiger charge is -2.22. The molecule has 2 N–H and O–H groups in total. The van der Waals surface area contributed by atoms with Crippen molar-refractivity contribution in [1.29, 1.82) is 0 Å². The van der Waals surface area contributed by atoms with Crippen LogP contribution in [-0.2, 0) is 11.3 Å². The second-order valence-electron chi connectivity index (χ2n) is 5.26. The minimum Gasteiger partial charge on any atom is -0.333 e. The largest absolute Gasteiger partial charge is 0.333 e. The van der Waals surface area contributed by atoms with Gasteiger partial charge in [-0.15, -0.1) is 0 Å². The molecule has 1 heterocycles. The highest BCUT2D eigenvalue weighted by Crippen LogP contribution is 2.14. The molecule has 0 radical (unpaired) electrons. The lowest BCUT2D eigenvalue weighted by atomic mass is 10.0. The number of carbonyl (C=O) groups is 1. The average molecular weight is 272 g/mol. The molecule has 1 aromatic heterocycles. The van der Waals surface area contributed by atoms with Gasteiger partial charge in [-0.3, -0.25) is 4.79 Å². The second-order valence-corrected chi connectivity index (χ2v) is 5.26. The van der Waals surface area contributed by atoms with E-state index in [9.17, 15) is 4.79 Å². The van der Waals surface area contributed by atoms with Crippen LogP contribution in [0.25, 0.3) is 0 Å². The van der Waals surface area contributed by atoms with E-state index < -0.39 is 5.54 Å². The van der Waals surface area contributed by atoms with Crippen molar-refractivity contribution in [2.75, 3.05) is 12.4 Å². The molecule has 0 atom stereocenters. The summed E-state index contributed by atoms with van der Waals surface area (Å²) < 4.78 is 1.98. The van der Waals surface area contributed by atoms with E-state index in [1.165, 1.54) is 0 Å². The summed E-state index contributed by atoms with van der Waals surface area (Å²) >= 11 is 0. The van der Waals surface area contributed by atoms with Gasteiger partial charge in [0.2, 0.25) is 5.91 Å². The molecule has 0 spiro atoms. The van der Waals surface area contributed by atoms with Gasteiger partial charge in [0.25, 0.3) is 0 Å². The average Bonchev–Trinajstić information content (AvgIpc) is 2.92. The van der Waals surface area contributed by atoms with Gasteiger partial charge in [-0.1, -0.05) is 12.1 Å². The van der Waals surface area contributed by atoms with Crippen molar-refractivity contribution in [3.05, 3.63) is 48.5 Å². The van der Waals surface area contributed by atoms with Crippen molar-refractivity contribution in [2.45, 2.75) is 25.9 Å². The summed E-state index contributed by atoms with van der Waals surface area (Å²) in [5.41, 5.74) is 1.32. The smallest absolute Gasteiger partial charge is 0.244 e. The fourth-order valence-electron chi connectivity index (χ4n) is 1.74. The van der Waals surface area contributed by atoms with Crippen LogP contribution in [0.3, 0.4) is 0 Å². The number of nitrogens with zero attached hydrogens (tertiary/aromatic N) is 2. The van der Waals surface area contributed by atoms with Crippen LogP contribution in [0.15, 0.2) is 43.0 Å².